The van der Waals surface area contributed by atoms with Crippen LogP contribution in [-0.4, -0.2) is 33.3 Å². The molecule has 0 spiro atoms. The van der Waals surface area contributed by atoms with Crippen molar-refractivity contribution in [3.63, 3.8) is 0 Å². The van der Waals surface area contributed by atoms with Crippen molar-refractivity contribution in [2.24, 2.45) is 0 Å². The summed E-state index contributed by atoms with van der Waals surface area (Å²) in [4.78, 5) is 17.5. The quantitative estimate of drug-likeness (QED) is 0.630. The van der Waals surface area contributed by atoms with Crippen LogP contribution in [0.5, 0.6) is 6.01 Å². The third kappa shape index (κ3) is 4.90. The fourth-order valence-corrected chi connectivity index (χ4v) is 3.04. The summed E-state index contributed by atoms with van der Waals surface area (Å²) in [7, 11) is 0. The summed E-state index contributed by atoms with van der Waals surface area (Å²) < 4.78 is 7.14. The second-order valence-corrected chi connectivity index (χ2v) is 6.57. The number of aromatic nitrogens is 3. The number of para-hydroxylation sites is 1. The minimum absolute atomic E-state index is 0.165. The van der Waals surface area contributed by atoms with Crippen LogP contribution in [-0.2, 0) is 11.2 Å². The molecular weight excluding hydrogens is 336 g/mol. The number of ether oxygens (including phenoxy) is 1. The predicted molar refractivity (Wildman–Crippen MR) is 97.1 cm³/mol. The van der Waals surface area contributed by atoms with Crippen molar-refractivity contribution in [1.82, 2.24) is 20.1 Å². The molecule has 2 aromatic heterocycles. The molecule has 7 heteroatoms. The fraction of sp³-hybridized carbons (Fsp3) is 0.278. The van der Waals surface area contributed by atoms with E-state index in [1.165, 1.54) is 4.88 Å². The molecule has 0 bridgehead atoms. The second kappa shape index (κ2) is 8.43. The van der Waals surface area contributed by atoms with Gasteiger partial charge in [0.05, 0.1) is 5.69 Å². The number of rotatable bonds is 8. The normalized spacial score (nSPS) is 11.9. The lowest BCUT2D eigenvalue weighted by Crippen LogP contribution is -2.37. The highest BCUT2D eigenvalue weighted by molar-refractivity contribution is 7.09. The Labute approximate surface area is 150 Å². The average molecular weight is 356 g/mol. The lowest BCUT2D eigenvalue weighted by atomic mass is 10.2. The Balaban J connectivity index is 1.44. The third-order valence-electron chi connectivity index (χ3n) is 3.62. The van der Waals surface area contributed by atoms with Gasteiger partial charge in [-0.2, -0.15) is 4.98 Å². The van der Waals surface area contributed by atoms with E-state index in [9.17, 15) is 4.79 Å². The summed E-state index contributed by atoms with van der Waals surface area (Å²) in [5.74, 6) is -0.165. The molecule has 25 heavy (non-hydrogen) atoms. The molecule has 0 aliphatic rings. The summed E-state index contributed by atoms with van der Waals surface area (Å²) in [5, 5.41) is 9.18. The topological polar surface area (TPSA) is 69.0 Å². The van der Waals surface area contributed by atoms with Gasteiger partial charge in [-0.3, -0.25) is 4.79 Å². The van der Waals surface area contributed by atoms with Crippen molar-refractivity contribution in [3.8, 4) is 11.7 Å². The van der Waals surface area contributed by atoms with E-state index in [1.54, 1.807) is 29.3 Å². The van der Waals surface area contributed by atoms with Crippen molar-refractivity contribution in [2.75, 3.05) is 6.54 Å². The molecule has 0 aliphatic heterocycles. The van der Waals surface area contributed by atoms with Crippen LogP contribution in [0, 0.1) is 0 Å². The highest BCUT2D eigenvalue weighted by Crippen LogP contribution is 2.11. The van der Waals surface area contributed by atoms with Gasteiger partial charge < -0.3 is 10.1 Å². The van der Waals surface area contributed by atoms with Gasteiger partial charge in [-0.25, -0.2) is 4.68 Å². The Morgan fingerprint density at radius 1 is 1.28 bits per heavy atom. The Kier molecular flexibility index (Phi) is 5.79. The van der Waals surface area contributed by atoms with Gasteiger partial charge >= 0.3 is 6.01 Å². The molecule has 1 unspecified atom stereocenters. The van der Waals surface area contributed by atoms with E-state index >= 15 is 0 Å². The van der Waals surface area contributed by atoms with Gasteiger partial charge in [0.1, 0.15) is 6.33 Å². The van der Waals surface area contributed by atoms with Crippen LogP contribution < -0.4 is 10.1 Å². The van der Waals surface area contributed by atoms with Gasteiger partial charge in [-0.15, -0.1) is 16.4 Å². The van der Waals surface area contributed by atoms with Crippen LogP contribution in [0.25, 0.3) is 5.69 Å². The Hall–Kier alpha value is -2.67. The molecule has 1 aromatic carbocycles. The van der Waals surface area contributed by atoms with Crippen molar-refractivity contribution < 1.29 is 9.53 Å². The Morgan fingerprint density at radius 3 is 2.88 bits per heavy atom. The first kappa shape index (κ1) is 17.2. The molecule has 0 radical (unpaired) electrons. The molecule has 6 nitrogen and oxygen atoms in total. The smallest absolute Gasteiger partial charge is 0.336 e. The van der Waals surface area contributed by atoms with Gasteiger partial charge in [-0.1, -0.05) is 24.3 Å². The maximum atomic E-state index is 12.1. The maximum absolute atomic E-state index is 12.1. The second-order valence-electron chi connectivity index (χ2n) is 5.54. The van der Waals surface area contributed by atoms with Gasteiger partial charge in [0.25, 0.3) is 5.91 Å². The number of carbonyl (C=O) groups is 1. The number of benzene rings is 1. The Morgan fingerprint density at radius 2 is 2.12 bits per heavy atom. The highest BCUT2D eigenvalue weighted by atomic mass is 32.1. The third-order valence-corrected chi connectivity index (χ3v) is 4.56. The average Bonchev–Trinajstić information content (AvgIpc) is 3.31. The van der Waals surface area contributed by atoms with E-state index in [4.69, 9.17) is 4.74 Å². The number of nitrogens with one attached hydrogen (secondary N) is 1. The lowest BCUT2D eigenvalue weighted by Gasteiger charge is -2.11. The van der Waals surface area contributed by atoms with Crippen LogP contribution in [0.2, 0.25) is 0 Å². The highest BCUT2D eigenvalue weighted by Gasteiger charge is 2.16. The van der Waals surface area contributed by atoms with Crippen LogP contribution in [0.3, 0.4) is 0 Å². The summed E-state index contributed by atoms with van der Waals surface area (Å²) >= 11 is 1.73. The van der Waals surface area contributed by atoms with E-state index in [1.807, 2.05) is 36.4 Å². The van der Waals surface area contributed by atoms with E-state index in [0.717, 1.165) is 18.5 Å². The predicted octanol–water partition coefficient (Wildman–Crippen LogP) is 2.85. The number of thiophene rings is 1. The monoisotopic (exact) mass is 356 g/mol. The molecule has 0 fully saturated rings. The first-order chi connectivity index (χ1) is 12.2. The molecule has 1 amide bonds. The fourth-order valence-electron chi connectivity index (χ4n) is 2.29. The first-order valence-corrected chi connectivity index (χ1v) is 9.04. The van der Waals surface area contributed by atoms with Crippen molar-refractivity contribution >= 4 is 17.2 Å². The van der Waals surface area contributed by atoms with Crippen molar-refractivity contribution in [2.45, 2.75) is 25.9 Å². The van der Waals surface area contributed by atoms with Gasteiger partial charge in [0, 0.05) is 11.4 Å². The molecule has 3 rings (SSSR count). The minimum Gasteiger partial charge on any atom is -0.449 e. The lowest BCUT2D eigenvalue weighted by molar-refractivity contribution is -0.127. The van der Waals surface area contributed by atoms with Crippen molar-refractivity contribution in [1.29, 1.82) is 0 Å². The van der Waals surface area contributed by atoms with Crippen LogP contribution in [0.15, 0.2) is 54.2 Å². The van der Waals surface area contributed by atoms with Crippen LogP contribution in [0.1, 0.15) is 18.2 Å². The van der Waals surface area contributed by atoms with Gasteiger partial charge in [0.15, 0.2) is 6.10 Å². The minimum atomic E-state index is -0.645. The molecule has 130 valence electrons. The summed E-state index contributed by atoms with van der Waals surface area (Å²) in [6.07, 6.45) is 2.79. The summed E-state index contributed by atoms with van der Waals surface area (Å²) in [5.41, 5.74) is 0.885. The number of hydrogen-bond donors (Lipinski definition) is 1. The molecule has 2 heterocycles. The molecule has 0 saturated carbocycles. The van der Waals surface area contributed by atoms with Gasteiger partial charge in [0.2, 0.25) is 0 Å². The van der Waals surface area contributed by atoms with Gasteiger partial charge in [-0.05, 0) is 43.3 Å². The number of carbonyl (C=O) groups excluding carboxylic acids is 1. The molecule has 1 N–H and O–H groups in total. The molecule has 1 atom stereocenters. The van der Waals surface area contributed by atoms with E-state index in [0.29, 0.717) is 6.54 Å². The number of nitrogens with zero attached hydrogens (tertiary/aromatic N) is 3. The molecular formula is C18H20N4O2S. The largest absolute Gasteiger partial charge is 0.449 e. The zero-order chi connectivity index (χ0) is 17.5. The first-order valence-electron chi connectivity index (χ1n) is 8.16. The zero-order valence-corrected chi connectivity index (χ0v) is 14.8. The molecule has 0 aliphatic carbocycles. The number of hydrogen-bond acceptors (Lipinski definition) is 5. The Bertz CT molecular complexity index is 787. The standard InChI is InChI=1S/C18H20N4O2S/c1-14(17(23)19-11-5-9-16-10-6-12-25-16)24-18-20-13-22(21-18)15-7-3-2-4-8-15/h2-4,6-8,10,12-14H,5,9,11H2,1H3,(H,19,23). The molecule has 0 saturated heterocycles. The van der Waals surface area contributed by atoms with E-state index < -0.39 is 6.10 Å². The number of amides is 1. The summed E-state index contributed by atoms with van der Waals surface area (Å²) in [6, 6.07) is 13.9. The van der Waals surface area contributed by atoms with Crippen molar-refractivity contribution in [3.05, 3.63) is 59.0 Å². The van der Waals surface area contributed by atoms with E-state index in [2.05, 4.69) is 26.8 Å². The number of aryl methyl sites for hydroxylation is 1. The van der Waals surface area contributed by atoms with Crippen LogP contribution >= 0.6 is 11.3 Å². The maximum Gasteiger partial charge on any atom is 0.336 e. The summed E-state index contributed by atoms with van der Waals surface area (Å²) in [6.45, 7) is 2.31. The SMILES string of the molecule is CC(Oc1ncn(-c2ccccc2)n1)C(=O)NCCCc1cccs1. The molecule has 3 aromatic rings. The van der Waals surface area contributed by atoms with Crippen LogP contribution in [0.4, 0.5) is 0 Å². The zero-order valence-electron chi connectivity index (χ0n) is 14.0. The van der Waals surface area contributed by atoms with E-state index in [-0.39, 0.29) is 11.9 Å².